The normalized spacial score (nSPS) is 50.5. The molecule has 2 atom stereocenters. The smallest absolute Gasteiger partial charge is 0.0754 e. The third-order valence-electron chi connectivity index (χ3n) is 4.23. The van der Waals surface area contributed by atoms with Crippen LogP contribution in [-0.2, 0) is 4.74 Å². The zero-order chi connectivity index (χ0) is 7.53. The Labute approximate surface area is 67.1 Å². The second-order valence-electron chi connectivity index (χ2n) is 4.42. The Hall–Kier alpha value is -0.0800. The first-order valence-electron chi connectivity index (χ1n) is 4.67. The SMILES string of the molecule is NC[C@@]12C[C@@H]1COC21CCC1. The van der Waals surface area contributed by atoms with E-state index in [1.807, 2.05) is 0 Å². The molecule has 1 spiro atoms. The standard InChI is InChI=1S/C9H15NO/c10-6-8-4-7(8)5-11-9(8)2-1-3-9/h7H,1-6,10H2/t7-,8+/m1/s1. The molecule has 3 fully saturated rings. The molecule has 3 aliphatic rings. The van der Waals surface area contributed by atoms with Crippen LogP contribution in [0.15, 0.2) is 0 Å². The molecule has 3 rings (SSSR count). The van der Waals surface area contributed by atoms with Gasteiger partial charge in [0.1, 0.15) is 0 Å². The van der Waals surface area contributed by atoms with Gasteiger partial charge in [-0.2, -0.15) is 0 Å². The lowest BCUT2D eigenvalue weighted by Crippen LogP contribution is -2.48. The van der Waals surface area contributed by atoms with Crippen LogP contribution in [0.25, 0.3) is 0 Å². The van der Waals surface area contributed by atoms with E-state index in [0.29, 0.717) is 5.41 Å². The van der Waals surface area contributed by atoms with E-state index >= 15 is 0 Å². The molecule has 62 valence electrons. The average molecular weight is 153 g/mol. The number of ether oxygens (including phenoxy) is 1. The van der Waals surface area contributed by atoms with Crippen LogP contribution < -0.4 is 5.73 Å². The zero-order valence-corrected chi connectivity index (χ0v) is 6.81. The van der Waals surface area contributed by atoms with Crippen LogP contribution in [0, 0.1) is 11.3 Å². The average Bonchev–Trinajstić information content (AvgIpc) is 2.57. The minimum Gasteiger partial charge on any atom is -0.374 e. The van der Waals surface area contributed by atoms with Gasteiger partial charge in [0.15, 0.2) is 0 Å². The van der Waals surface area contributed by atoms with Gasteiger partial charge in [-0.25, -0.2) is 0 Å². The molecule has 2 heteroatoms. The summed E-state index contributed by atoms with van der Waals surface area (Å²) < 4.78 is 5.85. The minimum absolute atomic E-state index is 0.270. The topological polar surface area (TPSA) is 35.2 Å². The van der Waals surface area contributed by atoms with Crippen molar-refractivity contribution in [2.75, 3.05) is 13.2 Å². The maximum atomic E-state index is 5.85. The van der Waals surface area contributed by atoms with Crippen LogP contribution >= 0.6 is 0 Å². The quantitative estimate of drug-likeness (QED) is 0.607. The Morgan fingerprint density at radius 3 is 2.64 bits per heavy atom. The third-order valence-corrected chi connectivity index (χ3v) is 4.23. The number of hydrogen-bond acceptors (Lipinski definition) is 2. The van der Waals surface area contributed by atoms with Gasteiger partial charge in [0.2, 0.25) is 0 Å². The maximum Gasteiger partial charge on any atom is 0.0754 e. The Morgan fingerprint density at radius 2 is 2.27 bits per heavy atom. The molecule has 0 radical (unpaired) electrons. The van der Waals surface area contributed by atoms with Crippen LogP contribution in [-0.4, -0.2) is 18.8 Å². The monoisotopic (exact) mass is 153 g/mol. The molecular formula is C9H15NO. The van der Waals surface area contributed by atoms with Crippen LogP contribution in [0.5, 0.6) is 0 Å². The van der Waals surface area contributed by atoms with Crippen molar-refractivity contribution in [3.05, 3.63) is 0 Å². The van der Waals surface area contributed by atoms with Gasteiger partial charge in [0.05, 0.1) is 12.2 Å². The van der Waals surface area contributed by atoms with Crippen molar-refractivity contribution in [3.63, 3.8) is 0 Å². The van der Waals surface area contributed by atoms with Crippen molar-refractivity contribution < 1.29 is 4.74 Å². The lowest BCUT2D eigenvalue weighted by molar-refractivity contribution is -0.108. The van der Waals surface area contributed by atoms with Gasteiger partial charge in [0, 0.05) is 12.0 Å². The highest BCUT2D eigenvalue weighted by molar-refractivity contribution is 5.22. The van der Waals surface area contributed by atoms with Gasteiger partial charge in [0.25, 0.3) is 0 Å². The number of hydrogen-bond donors (Lipinski definition) is 1. The first-order valence-corrected chi connectivity index (χ1v) is 4.67. The molecular weight excluding hydrogens is 138 g/mol. The summed E-state index contributed by atoms with van der Waals surface area (Å²) in [6, 6.07) is 0. The van der Waals surface area contributed by atoms with Gasteiger partial charge >= 0.3 is 0 Å². The Balaban J connectivity index is 1.94. The fourth-order valence-corrected chi connectivity index (χ4v) is 3.14. The Bertz CT molecular complexity index is 190. The summed E-state index contributed by atoms with van der Waals surface area (Å²) in [5.74, 6) is 0.827. The minimum atomic E-state index is 0.270. The second-order valence-corrected chi connectivity index (χ2v) is 4.42. The lowest BCUT2D eigenvalue weighted by Gasteiger charge is -2.44. The van der Waals surface area contributed by atoms with Crippen molar-refractivity contribution in [3.8, 4) is 0 Å². The molecule has 1 aliphatic heterocycles. The van der Waals surface area contributed by atoms with Crippen molar-refractivity contribution >= 4 is 0 Å². The molecule has 1 heterocycles. The van der Waals surface area contributed by atoms with Gasteiger partial charge < -0.3 is 10.5 Å². The van der Waals surface area contributed by atoms with Gasteiger partial charge in [-0.15, -0.1) is 0 Å². The van der Waals surface area contributed by atoms with E-state index in [-0.39, 0.29) is 5.60 Å². The molecule has 0 amide bonds. The summed E-state index contributed by atoms with van der Waals surface area (Å²) >= 11 is 0. The molecule has 0 aromatic heterocycles. The lowest BCUT2D eigenvalue weighted by atomic mass is 9.69. The van der Waals surface area contributed by atoms with Gasteiger partial charge in [-0.1, -0.05) is 0 Å². The van der Waals surface area contributed by atoms with E-state index < -0.39 is 0 Å². The highest BCUT2D eigenvalue weighted by atomic mass is 16.5. The summed E-state index contributed by atoms with van der Waals surface area (Å²) in [6.45, 7) is 1.86. The third kappa shape index (κ3) is 0.510. The zero-order valence-electron chi connectivity index (χ0n) is 6.81. The molecule has 2 saturated carbocycles. The van der Waals surface area contributed by atoms with Crippen molar-refractivity contribution in [2.24, 2.45) is 17.1 Å². The molecule has 2 nitrogen and oxygen atoms in total. The molecule has 11 heavy (non-hydrogen) atoms. The van der Waals surface area contributed by atoms with Crippen LogP contribution in [0.1, 0.15) is 25.7 Å². The van der Waals surface area contributed by atoms with Crippen molar-refractivity contribution in [2.45, 2.75) is 31.3 Å². The van der Waals surface area contributed by atoms with Gasteiger partial charge in [-0.05, 0) is 31.6 Å². The highest BCUT2D eigenvalue weighted by Gasteiger charge is 2.72. The molecule has 0 bridgehead atoms. The second kappa shape index (κ2) is 1.64. The van der Waals surface area contributed by atoms with Crippen LogP contribution in [0.2, 0.25) is 0 Å². The summed E-state index contributed by atoms with van der Waals surface area (Å²) in [4.78, 5) is 0. The Kier molecular flexibility index (Phi) is 0.961. The predicted octanol–water partition coefficient (Wildman–Crippen LogP) is 0.904. The summed E-state index contributed by atoms with van der Waals surface area (Å²) in [7, 11) is 0. The largest absolute Gasteiger partial charge is 0.374 e. The number of rotatable bonds is 1. The molecule has 0 aromatic rings. The first-order chi connectivity index (χ1) is 5.33. The highest BCUT2D eigenvalue weighted by Crippen LogP contribution is 2.70. The summed E-state index contributed by atoms with van der Waals surface area (Å²) in [5, 5.41) is 0. The van der Waals surface area contributed by atoms with E-state index in [1.165, 1.54) is 25.7 Å². The Morgan fingerprint density at radius 1 is 1.45 bits per heavy atom. The van der Waals surface area contributed by atoms with Crippen LogP contribution in [0.3, 0.4) is 0 Å². The maximum absolute atomic E-state index is 5.85. The summed E-state index contributed by atoms with van der Waals surface area (Å²) in [5.41, 5.74) is 6.53. The first kappa shape index (κ1) is 6.44. The molecule has 1 saturated heterocycles. The molecule has 0 aromatic carbocycles. The van der Waals surface area contributed by atoms with E-state index in [2.05, 4.69) is 0 Å². The van der Waals surface area contributed by atoms with Crippen LogP contribution in [0.4, 0.5) is 0 Å². The summed E-state index contributed by atoms with van der Waals surface area (Å²) in [6.07, 6.45) is 5.26. The number of fused-ring (bicyclic) bond motifs is 2. The van der Waals surface area contributed by atoms with E-state index in [4.69, 9.17) is 10.5 Å². The van der Waals surface area contributed by atoms with Gasteiger partial charge in [-0.3, -0.25) is 0 Å². The molecule has 2 N–H and O–H groups in total. The fourth-order valence-electron chi connectivity index (χ4n) is 3.14. The van der Waals surface area contributed by atoms with Crippen molar-refractivity contribution in [1.82, 2.24) is 0 Å². The predicted molar refractivity (Wildman–Crippen MR) is 42.1 cm³/mol. The fraction of sp³-hybridized carbons (Fsp3) is 1.00. The number of nitrogens with two attached hydrogens (primary N) is 1. The van der Waals surface area contributed by atoms with E-state index in [1.54, 1.807) is 0 Å². The van der Waals surface area contributed by atoms with E-state index in [9.17, 15) is 0 Å². The molecule has 2 aliphatic carbocycles. The van der Waals surface area contributed by atoms with Crippen molar-refractivity contribution in [1.29, 1.82) is 0 Å². The molecule has 0 unspecified atom stereocenters. The van der Waals surface area contributed by atoms with E-state index in [0.717, 1.165) is 19.1 Å².